The van der Waals surface area contributed by atoms with Gasteiger partial charge in [-0.05, 0) is 131 Å². The molecule has 11 nitrogen and oxygen atoms in total. The van der Waals surface area contributed by atoms with E-state index in [4.69, 9.17) is 5.26 Å². The topological polar surface area (TPSA) is 163 Å². The number of rotatable bonds is 3. The number of nitriles is 1. The van der Waals surface area contributed by atoms with Crippen LogP contribution in [0.15, 0.2) is 104 Å². The highest BCUT2D eigenvalue weighted by molar-refractivity contribution is 6.07. The van der Waals surface area contributed by atoms with E-state index in [0.717, 1.165) is 78.7 Å². The number of anilines is 3. The summed E-state index contributed by atoms with van der Waals surface area (Å²) >= 11 is 0. The van der Waals surface area contributed by atoms with Gasteiger partial charge in [0.1, 0.15) is 11.9 Å². The smallest absolute Gasteiger partial charge is 0.234 e. The Morgan fingerprint density at radius 3 is 1.38 bits per heavy atom. The lowest BCUT2D eigenvalue weighted by molar-refractivity contribution is -0.120. The normalized spacial score (nSPS) is 15.8. The van der Waals surface area contributed by atoms with E-state index in [1.54, 1.807) is 30.9 Å². The number of hydrogen-bond donors (Lipinski definition) is 3. The molecule has 3 amide bonds. The number of nitrogens with zero attached hydrogens (tertiary/aromatic N) is 5. The van der Waals surface area contributed by atoms with Crippen molar-refractivity contribution in [3.63, 3.8) is 0 Å². The standard InChI is InChI=1S/C16H13N3O.C16H16N2O.C15H15N3O/c1-16(2)13-4-3-11(6-14(13)19-15(16)20)12-5-10(7-17)8-18-9-12;1-10-8-12(6-7-17-10)11-4-5-13-14(9-11)18-15(19)16(13,2)3;1-9-16-7-11(8-17-9)10-4-5-12-13(6-10)18-14(19)15(12,2)3/h3-6,8-9H,1-2H3,(H,19,20);4-9H,1-3H3,(H,18,19);4-8H,1-3H3,(H,18,19). The number of hydrogen-bond acceptors (Lipinski definition) is 8. The molecule has 6 heterocycles. The molecule has 3 aromatic heterocycles. The number of nitrogens with one attached hydrogen (secondary N) is 3. The monoisotopic (exact) mass is 768 g/mol. The number of carbonyl (C=O) groups is 3. The van der Waals surface area contributed by atoms with Crippen molar-refractivity contribution >= 4 is 34.8 Å². The third kappa shape index (κ3) is 7.32. The van der Waals surface area contributed by atoms with Gasteiger partial charge in [0, 0.05) is 64.9 Å². The average molecular weight is 769 g/mol. The molecule has 0 fully saturated rings. The van der Waals surface area contributed by atoms with Gasteiger partial charge in [0.2, 0.25) is 17.7 Å². The van der Waals surface area contributed by atoms with Gasteiger partial charge in [0.25, 0.3) is 0 Å². The Morgan fingerprint density at radius 1 is 0.500 bits per heavy atom. The van der Waals surface area contributed by atoms with E-state index >= 15 is 0 Å². The van der Waals surface area contributed by atoms with E-state index in [0.29, 0.717) is 5.56 Å². The highest BCUT2D eigenvalue weighted by atomic mass is 16.2. The number of pyridine rings is 2. The molecule has 0 bridgehead atoms. The molecule has 290 valence electrons. The predicted molar refractivity (Wildman–Crippen MR) is 226 cm³/mol. The second-order valence-electron chi connectivity index (χ2n) is 16.3. The Kier molecular flexibility index (Phi) is 9.99. The number of carbonyl (C=O) groups excluding carboxylic acids is 3. The predicted octanol–water partition coefficient (Wildman–Crippen LogP) is 8.82. The first-order chi connectivity index (χ1) is 27.5. The molecule has 3 aliphatic heterocycles. The lowest BCUT2D eigenvalue weighted by Crippen LogP contribution is -2.26. The molecule has 0 atom stereocenters. The molecule has 3 aromatic carbocycles. The molecule has 0 aliphatic carbocycles. The Balaban J connectivity index is 0.000000132. The van der Waals surface area contributed by atoms with Crippen LogP contribution in [-0.2, 0) is 30.6 Å². The zero-order valence-corrected chi connectivity index (χ0v) is 33.8. The van der Waals surface area contributed by atoms with Crippen LogP contribution in [0.4, 0.5) is 17.1 Å². The summed E-state index contributed by atoms with van der Waals surface area (Å²) in [6.07, 6.45) is 8.64. The Morgan fingerprint density at radius 2 is 0.931 bits per heavy atom. The van der Waals surface area contributed by atoms with Gasteiger partial charge in [-0.1, -0.05) is 36.4 Å². The molecule has 11 heteroatoms. The quantitative estimate of drug-likeness (QED) is 0.161. The van der Waals surface area contributed by atoms with Crippen molar-refractivity contribution in [3.05, 3.63) is 138 Å². The zero-order valence-electron chi connectivity index (χ0n) is 33.8. The van der Waals surface area contributed by atoms with Crippen molar-refractivity contribution in [3.8, 4) is 39.4 Å². The van der Waals surface area contributed by atoms with E-state index in [1.807, 2.05) is 116 Å². The van der Waals surface area contributed by atoms with Crippen molar-refractivity contribution in [1.29, 1.82) is 5.26 Å². The van der Waals surface area contributed by atoms with Gasteiger partial charge in [-0.2, -0.15) is 5.26 Å². The molecule has 0 saturated carbocycles. The van der Waals surface area contributed by atoms with Crippen LogP contribution >= 0.6 is 0 Å². The highest BCUT2D eigenvalue weighted by Crippen LogP contribution is 2.41. The maximum Gasteiger partial charge on any atom is 0.234 e. The molecule has 3 aliphatic rings. The van der Waals surface area contributed by atoms with Crippen LogP contribution < -0.4 is 16.0 Å². The Labute approximate surface area is 338 Å². The minimum atomic E-state index is -0.499. The largest absolute Gasteiger partial charge is 0.325 e. The highest BCUT2D eigenvalue weighted by Gasteiger charge is 2.40. The SMILES string of the molecule is CC1(C)C(=O)Nc2cc(-c3cncc(C#N)c3)ccc21.Cc1cc(-c2ccc3c(c2)NC(=O)C3(C)C)ccn1.Cc1ncc(-c2ccc3c(c2)NC(=O)C3(C)C)cn1. The molecule has 9 rings (SSSR count). The van der Waals surface area contributed by atoms with Crippen molar-refractivity contribution in [2.24, 2.45) is 0 Å². The van der Waals surface area contributed by atoms with E-state index in [-0.39, 0.29) is 17.7 Å². The molecular formula is C47H44N8O3. The summed E-state index contributed by atoms with van der Waals surface area (Å²) in [6.45, 7) is 15.4. The van der Waals surface area contributed by atoms with Crippen LogP contribution in [0.3, 0.4) is 0 Å². The molecule has 0 spiro atoms. The van der Waals surface area contributed by atoms with E-state index < -0.39 is 16.2 Å². The van der Waals surface area contributed by atoms with Gasteiger partial charge in [-0.25, -0.2) is 9.97 Å². The van der Waals surface area contributed by atoms with Crippen LogP contribution in [-0.4, -0.2) is 37.7 Å². The lowest BCUT2D eigenvalue weighted by atomic mass is 9.85. The Bertz CT molecular complexity index is 2670. The second-order valence-corrected chi connectivity index (χ2v) is 16.3. The van der Waals surface area contributed by atoms with Gasteiger partial charge in [0.05, 0.1) is 21.8 Å². The number of amides is 3. The summed E-state index contributed by atoms with van der Waals surface area (Å²) in [5.41, 5.74) is 11.8. The maximum absolute atomic E-state index is 11.9. The first kappa shape index (κ1) is 39.2. The van der Waals surface area contributed by atoms with Gasteiger partial charge in [0.15, 0.2) is 0 Å². The minimum absolute atomic E-state index is 0.00792. The summed E-state index contributed by atoms with van der Waals surface area (Å²) in [5, 5.41) is 17.7. The fraction of sp³-hybridized carbons (Fsp3) is 0.234. The van der Waals surface area contributed by atoms with Crippen LogP contribution in [0, 0.1) is 25.2 Å². The van der Waals surface area contributed by atoms with Gasteiger partial charge in [-0.15, -0.1) is 0 Å². The minimum Gasteiger partial charge on any atom is -0.325 e. The van der Waals surface area contributed by atoms with Gasteiger partial charge in [-0.3, -0.25) is 24.4 Å². The molecule has 58 heavy (non-hydrogen) atoms. The van der Waals surface area contributed by atoms with Crippen molar-refractivity contribution in [2.45, 2.75) is 71.6 Å². The van der Waals surface area contributed by atoms with Crippen LogP contribution in [0.1, 0.15) is 75.3 Å². The van der Waals surface area contributed by atoms with E-state index in [2.05, 4.69) is 48.0 Å². The van der Waals surface area contributed by atoms with Crippen molar-refractivity contribution < 1.29 is 14.4 Å². The third-order valence-corrected chi connectivity index (χ3v) is 11.1. The zero-order chi connectivity index (χ0) is 41.6. The molecule has 6 aromatic rings. The third-order valence-electron chi connectivity index (χ3n) is 11.1. The van der Waals surface area contributed by atoms with Crippen molar-refractivity contribution in [1.82, 2.24) is 19.9 Å². The van der Waals surface area contributed by atoms with Crippen LogP contribution in [0.5, 0.6) is 0 Å². The summed E-state index contributed by atoms with van der Waals surface area (Å²) in [4.78, 5) is 52.4. The maximum atomic E-state index is 11.9. The molecule has 3 N–H and O–H groups in total. The first-order valence-corrected chi connectivity index (χ1v) is 18.9. The summed E-state index contributed by atoms with van der Waals surface area (Å²) in [5.74, 6) is 0.860. The number of aromatic nitrogens is 4. The molecular weight excluding hydrogens is 725 g/mol. The fourth-order valence-electron chi connectivity index (χ4n) is 7.25. The van der Waals surface area contributed by atoms with Gasteiger partial charge >= 0.3 is 0 Å². The van der Waals surface area contributed by atoms with E-state index in [1.165, 1.54) is 6.20 Å². The number of benzene rings is 3. The molecule has 0 saturated heterocycles. The van der Waals surface area contributed by atoms with Crippen LogP contribution in [0.25, 0.3) is 33.4 Å². The Hall–Kier alpha value is -7.06. The number of aryl methyl sites for hydroxylation is 2. The summed E-state index contributed by atoms with van der Waals surface area (Å²) in [7, 11) is 0. The van der Waals surface area contributed by atoms with Crippen molar-refractivity contribution in [2.75, 3.05) is 16.0 Å². The average Bonchev–Trinajstić information content (AvgIpc) is 3.69. The fourth-order valence-corrected chi connectivity index (χ4v) is 7.25. The number of fused-ring (bicyclic) bond motifs is 3. The second kappa shape index (κ2) is 14.8. The lowest BCUT2D eigenvalue weighted by Gasteiger charge is -2.15. The summed E-state index contributed by atoms with van der Waals surface area (Å²) in [6, 6.07) is 25.9. The summed E-state index contributed by atoms with van der Waals surface area (Å²) < 4.78 is 0. The molecule has 0 unspecified atom stereocenters. The van der Waals surface area contributed by atoms with Gasteiger partial charge < -0.3 is 16.0 Å². The first-order valence-electron chi connectivity index (χ1n) is 18.9. The van der Waals surface area contributed by atoms with E-state index in [9.17, 15) is 14.4 Å². The van der Waals surface area contributed by atoms with Crippen LogP contribution in [0.2, 0.25) is 0 Å². The molecule has 0 radical (unpaired) electrons.